The molecule has 1 heterocycles. The lowest BCUT2D eigenvalue weighted by Crippen LogP contribution is -2.42. The predicted octanol–water partition coefficient (Wildman–Crippen LogP) is 2.18. The van der Waals surface area contributed by atoms with E-state index < -0.39 is 0 Å². The summed E-state index contributed by atoms with van der Waals surface area (Å²) in [5, 5.41) is 6.09. The number of halogens is 1. The van der Waals surface area contributed by atoms with Crippen molar-refractivity contribution in [1.82, 2.24) is 10.3 Å². The molecule has 19 heavy (non-hydrogen) atoms. The Bertz CT molecular complexity index is 438. The lowest BCUT2D eigenvalue weighted by molar-refractivity contribution is 0.0862. The summed E-state index contributed by atoms with van der Waals surface area (Å²) >= 11 is 6.01. The van der Waals surface area contributed by atoms with Gasteiger partial charge in [0.1, 0.15) is 11.5 Å². The van der Waals surface area contributed by atoms with Crippen LogP contribution in [-0.2, 0) is 4.74 Å². The molecule has 1 unspecified atom stereocenters. The first-order valence-corrected chi connectivity index (χ1v) is 6.51. The van der Waals surface area contributed by atoms with Crippen molar-refractivity contribution < 1.29 is 9.53 Å². The van der Waals surface area contributed by atoms with Gasteiger partial charge in [-0.3, -0.25) is 4.79 Å². The summed E-state index contributed by atoms with van der Waals surface area (Å²) in [5.74, 6) is 0.565. The molecule has 2 N–H and O–H groups in total. The van der Waals surface area contributed by atoms with Gasteiger partial charge in [0.2, 0.25) is 0 Å². The van der Waals surface area contributed by atoms with Gasteiger partial charge in [0.25, 0.3) is 5.91 Å². The third kappa shape index (κ3) is 4.36. The van der Waals surface area contributed by atoms with Crippen LogP contribution in [0.2, 0.25) is 5.02 Å². The topological polar surface area (TPSA) is 63.2 Å². The van der Waals surface area contributed by atoms with Crippen molar-refractivity contribution in [3.8, 4) is 0 Å². The van der Waals surface area contributed by atoms with Crippen molar-refractivity contribution in [2.24, 2.45) is 5.92 Å². The van der Waals surface area contributed by atoms with Crippen molar-refractivity contribution in [2.45, 2.75) is 19.9 Å². The van der Waals surface area contributed by atoms with E-state index in [9.17, 15) is 4.79 Å². The largest absolute Gasteiger partial charge is 0.383 e. The van der Waals surface area contributed by atoms with Crippen molar-refractivity contribution >= 4 is 23.3 Å². The fourth-order valence-corrected chi connectivity index (χ4v) is 1.75. The zero-order chi connectivity index (χ0) is 14.4. The quantitative estimate of drug-likeness (QED) is 0.841. The summed E-state index contributed by atoms with van der Waals surface area (Å²) in [4.78, 5) is 16.3. The molecule has 1 atom stereocenters. The maximum atomic E-state index is 12.2. The Balaban J connectivity index is 2.87. The van der Waals surface area contributed by atoms with Gasteiger partial charge in [0.15, 0.2) is 0 Å². The van der Waals surface area contributed by atoms with Gasteiger partial charge in [-0.1, -0.05) is 25.4 Å². The molecule has 5 nitrogen and oxygen atoms in total. The molecule has 0 saturated heterocycles. The first kappa shape index (κ1) is 15.7. The van der Waals surface area contributed by atoms with Crippen LogP contribution in [0.1, 0.15) is 24.3 Å². The van der Waals surface area contributed by atoms with Gasteiger partial charge in [0, 0.05) is 14.2 Å². The van der Waals surface area contributed by atoms with Crippen LogP contribution in [0.5, 0.6) is 0 Å². The summed E-state index contributed by atoms with van der Waals surface area (Å²) in [7, 11) is 3.34. The van der Waals surface area contributed by atoms with Crippen LogP contribution in [0.25, 0.3) is 0 Å². The van der Waals surface area contributed by atoms with Gasteiger partial charge in [-0.25, -0.2) is 4.98 Å². The Morgan fingerprint density at radius 2 is 2.16 bits per heavy atom. The van der Waals surface area contributed by atoms with Crippen LogP contribution in [0.4, 0.5) is 5.82 Å². The normalized spacial score (nSPS) is 12.3. The molecular weight excluding hydrogens is 266 g/mol. The molecule has 6 heteroatoms. The summed E-state index contributed by atoms with van der Waals surface area (Å²) in [6, 6.07) is 3.29. The number of hydrogen-bond donors (Lipinski definition) is 2. The molecule has 0 aliphatic carbocycles. The van der Waals surface area contributed by atoms with Gasteiger partial charge in [-0.05, 0) is 18.1 Å². The minimum Gasteiger partial charge on any atom is -0.383 e. The van der Waals surface area contributed by atoms with Crippen LogP contribution in [0, 0.1) is 5.92 Å². The third-order valence-corrected chi connectivity index (χ3v) is 3.09. The lowest BCUT2D eigenvalue weighted by Gasteiger charge is -2.21. The fourth-order valence-electron chi connectivity index (χ4n) is 1.56. The Morgan fingerprint density at radius 3 is 2.68 bits per heavy atom. The number of carbonyl (C=O) groups is 1. The second-order valence-corrected chi connectivity index (χ2v) is 4.96. The van der Waals surface area contributed by atoms with Crippen LogP contribution >= 0.6 is 11.6 Å². The highest BCUT2D eigenvalue weighted by atomic mass is 35.5. The van der Waals surface area contributed by atoms with E-state index in [1.54, 1.807) is 26.3 Å². The molecule has 106 valence electrons. The Kier molecular flexibility index (Phi) is 6.05. The number of ether oxygens (including phenoxy) is 1. The standard InChI is InChI=1S/C13H20ClN3O2/c1-8(2)10(7-19-4)16-13(18)12-9(14)5-6-11(15-3)17-12/h5-6,8,10H,7H2,1-4H3,(H,15,17)(H,16,18). The summed E-state index contributed by atoms with van der Waals surface area (Å²) in [6.45, 7) is 4.48. The van der Waals surface area contributed by atoms with E-state index >= 15 is 0 Å². The molecule has 0 fully saturated rings. The monoisotopic (exact) mass is 285 g/mol. The van der Waals surface area contributed by atoms with Gasteiger partial charge in [-0.2, -0.15) is 0 Å². The van der Waals surface area contributed by atoms with E-state index in [1.807, 2.05) is 13.8 Å². The van der Waals surface area contributed by atoms with E-state index in [4.69, 9.17) is 16.3 Å². The average molecular weight is 286 g/mol. The number of amides is 1. The smallest absolute Gasteiger partial charge is 0.271 e. The molecule has 1 aromatic heterocycles. The van der Waals surface area contributed by atoms with E-state index in [0.29, 0.717) is 17.4 Å². The minimum absolute atomic E-state index is 0.0754. The predicted molar refractivity (Wildman–Crippen MR) is 76.8 cm³/mol. The highest BCUT2D eigenvalue weighted by Crippen LogP contribution is 2.17. The second-order valence-electron chi connectivity index (χ2n) is 4.56. The molecule has 0 radical (unpaired) electrons. The molecule has 0 aliphatic heterocycles. The van der Waals surface area contributed by atoms with Gasteiger partial charge >= 0.3 is 0 Å². The number of anilines is 1. The van der Waals surface area contributed by atoms with Gasteiger partial charge in [0.05, 0.1) is 17.7 Å². The molecular formula is C13H20ClN3O2. The molecule has 1 rings (SSSR count). The van der Waals surface area contributed by atoms with Crippen molar-refractivity contribution in [1.29, 1.82) is 0 Å². The van der Waals surface area contributed by atoms with Crippen molar-refractivity contribution in [3.63, 3.8) is 0 Å². The highest BCUT2D eigenvalue weighted by Gasteiger charge is 2.20. The van der Waals surface area contributed by atoms with E-state index in [0.717, 1.165) is 0 Å². The summed E-state index contributed by atoms with van der Waals surface area (Å²) < 4.78 is 5.10. The average Bonchev–Trinajstić information content (AvgIpc) is 2.38. The minimum atomic E-state index is -0.294. The Morgan fingerprint density at radius 1 is 1.47 bits per heavy atom. The molecule has 0 saturated carbocycles. The number of nitrogens with one attached hydrogen (secondary N) is 2. The van der Waals surface area contributed by atoms with E-state index in [1.165, 1.54) is 0 Å². The Hall–Kier alpha value is -1.33. The van der Waals surface area contributed by atoms with E-state index in [-0.39, 0.29) is 23.6 Å². The Labute approximate surface area is 118 Å². The molecule has 1 aromatic rings. The zero-order valence-electron chi connectivity index (χ0n) is 11.7. The first-order chi connectivity index (χ1) is 8.99. The third-order valence-electron chi connectivity index (χ3n) is 2.78. The number of pyridine rings is 1. The van der Waals surface area contributed by atoms with E-state index in [2.05, 4.69) is 15.6 Å². The summed E-state index contributed by atoms with van der Waals surface area (Å²) in [5.41, 5.74) is 0.218. The second kappa shape index (κ2) is 7.31. The number of rotatable bonds is 6. The number of aromatic nitrogens is 1. The first-order valence-electron chi connectivity index (χ1n) is 6.13. The van der Waals surface area contributed by atoms with Crippen LogP contribution in [0.15, 0.2) is 12.1 Å². The van der Waals surface area contributed by atoms with Crippen molar-refractivity contribution in [2.75, 3.05) is 26.1 Å². The SMILES string of the molecule is CNc1ccc(Cl)c(C(=O)NC(COC)C(C)C)n1. The molecule has 0 aliphatic rings. The van der Waals surface area contributed by atoms with Gasteiger partial charge in [-0.15, -0.1) is 0 Å². The molecule has 0 spiro atoms. The molecule has 0 aromatic carbocycles. The summed E-state index contributed by atoms with van der Waals surface area (Å²) in [6.07, 6.45) is 0. The number of methoxy groups -OCH3 is 1. The number of hydrogen-bond acceptors (Lipinski definition) is 4. The van der Waals surface area contributed by atoms with Crippen molar-refractivity contribution in [3.05, 3.63) is 22.8 Å². The molecule has 1 amide bonds. The number of nitrogens with zero attached hydrogens (tertiary/aromatic N) is 1. The van der Waals surface area contributed by atoms with Crippen LogP contribution < -0.4 is 10.6 Å². The van der Waals surface area contributed by atoms with Gasteiger partial charge < -0.3 is 15.4 Å². The van der Waals surface area contributed by atoms with Crippen LogP contribution in [-0.4, -0.2) is 37.7 Å². The zero-order valence-corrected chi connectivity index (χ0v) is 12.4. The van der Waals surface area contributed by atoms with Crippen LogP contribution in [0.3, 0.4) is 0 Å². The lowest BCUT2D eigenvalue weighted by atomic mass is 10.1. The maximum absolute atomic E-state index is 12.2. The maximum Gasteiger partial charge on any atom is 0.271 e. The fraction of sp³-hybridized carbons (Fsp3) is 0.538. The number of carbonyl (C=O) groups excluding carboxylic acids is 1. The highest BCUT2D eigenvalue weighted by molar-refractivity contribution is 6.33. The molecule has 0 bridgehead atoms.